The standard InChI is InChI=1S/C13H18BrN/c14-12-9-5-6-10-13(12)15-11-7-3-1-2-4-8-11/h5-6,9-11,15H,1-4,7-8H2. The van der Waals surface area contributed by atoms with Crippen LogP contribution in [0.5, 0.6) is 0 Å². The first kappa shape index (κ1) is 11.0. The Kier molecular flexibility index (Phi) is 4.07. The highest BCUT2D eigenvalue weighted by molar-refractivity contribution is 9.10. The number of halogens is 1. The molecule has 0 unspecified atom stereocenters. The lowest BCUT2D eigenvalue weighted by atomic mass is 10.1. The summed E-state index contributed by atoms with van der Waals surface area (Å²) in [6.07, 6.45) is 8.22. The van der Waals surface area contributed by atoms with Crippen LogP contribution in [-0.2, 0) is 0 Å². The molecule has 1 fully saturated rings. The van der Waals surface area contributed by atoms with Crippen LogP contribution in [0, 0.1) is 0 Å². The van der Waals surface area contributed by atoms with Gasteiger partial charge in [-0.25, -0.2) is 0 Å². The van der Waals surface area contributed by atoms with Gasteiger partial charge >= 0.3 is 0 Å². The van der Waals surface area contributed by atoms with Crippen LogP contribution >= 0.6 is 15.9 Å². The van der Waals surface area contributed by atoms with Crippen molar-refractivity contribution in [1.29, 1.82) is 0 Å². The summed E-state index contributed by atoms with van der Waals surface area (Å²) in [5.41, 5.74) is 1.24. The molecule has 0 spiro atoms. The van der Waals surface area contributed by atoms with Gasteiger partial charge in [0, 0.05) is 16.2 Å². The molecule has 2 rings (SSSR count). The lowest BCUT2D eigenvalue weighted by molar-refractivity contribution is 0.620. The van der Waals surface area contributed by atoms with Gasteiger partial charge in [0.25, 0.3) is 0 Å². The van der Waals surface area contributed by atoms with Crippen molar-refractivity contribution in [2.24, 2.45) is 0 Å². The molecule has 0 radical (unpaired) electrons. The number of nitrogens with one attached hydrogen (secondary N) is 1. The van der Waals surface area contributed by atoms with E-state index in [0.717, 1.165) is 0 Å². The van der Waals surface area contributed by atoms with Crippen LogP contribution in [0.2, 0.25) is 0 Å². The van der Waals surface area contributed by atoms with Gasteiger partial charge in [0.1, 0.15) is 0 Å². The summed E-state index contributed by atoms with van der Waals surface area (Å²) in [5.74, 6) is 0. The van der Waals surface area contributed by atoms with E-state index in [9.17, 15) is 0 Å². The smallest absolute Gasteiger partial charge is 0.0486 e. The predicted molar refractivity (Wildman–Crippen MR) is 69.3 cm³/mol. The SMILES string of the molecule is Brc1ccccc1NC1CCCCCC1. The molecule has 1 aliphatic rings. The van der Waals surface area contributed by atoms with Crippen molar-refractivity contribution < 1.29 is 0 Å². The van der Waals surface area contributed by atoms with E-state index < -0.39 is 0 Å². The van der Waals surface area contributed by atoms with Crippen LogP contribution in [0.4, 0.5) is 5.69 Å². The number of anilines is 1. The molecule has 0 aliphatic heterocycles. The van der Waals surface area contributed by atoms with Crippen LogP contribution in [0.15, 0.2) is 28.7 Å². The lowest BCUT2D eigenvalue weighted by Crippen LogP contribution is -2.18. The van der Waals surface area contributed by atoms with E-state index in [4.69, 9.17) is 0 Å². The first-order valence-electron chi connectivity index (χ1n) is 5.87. The maximum absolute atomic E-state index is 3.64. The number of benzene rings is 1. The summed E-state index contributed by atoms with van der Waals surface area (Å²) in [7, 11) is 0. The summed E-state index contributed by atoms with van der Waals surface area (Å²) < 4.78 is 1.18. The van der Waals surface area contributed by atoms with E-state index in [1.807, 2.05) is 0 Å². The molecule has 1 aromatic rings. The molecule has 1 nitrogen and oxygen atoms in total. The fourth-order valence-corrected chi connectivity index (χ4v) is 2.62. The second-order valence-corrected chi connectivity index (χ2v) is 5.17. The van der Waals surface area contributed by atoms with Gasteiger partial charge in [-0.05, 0) is 40.9 Å². The molecule has 1 aromatic carbocycles. The summed E-state index contributed by atoms with van der Waals surface area (Å²) in [4.78, 5) is 0. The van der Waals surface area contributed by atoms with E-state index in [-0.39, 0.29) is 0 Å². The molecule has 1 aliphatic carbocycles. The highest BCUT2D eigenvalue weighted by atomic mass is 79.9. The fourth-order valence-electron chi connectivity index (χ4n) is 2.22. The third-order valence-corrected chi connectivity index (χ3v) is 3.78. The first-order valence-corrected chi connectivity index (χ1v) is 6.66. The maximum atomic E-state index is 3.64. The third kappa shape index (κ3) is 3.23. The van der Waals surface area contributed by atoms with Crippen molar-refractivity contribution in [2.45, 2.75) is 44.6 Å². The summed E-state index contributed by atoms with van der Waals surface area (Å²) in [6, 6.07) is 9.06. The van der Waals surface area contributed by atoms with E-state index in [1.165, 1.54) is 48.7 Å². The Morgan fingerprint density at radius 2 is 1.67 bits per heavy atom. The molecular weight excluding hydrogens is 250 g/mol. The van der Waals surface area contributed by atoms with Crippen molar-refractivity contribution in [2.75, 3.05) is 5.32 Å². The van der Waals surface area contributed by atoms with Crippen LogP contribution < -0.4 is 5.32 Å². The Morgan fingerprint density at radius 3 is 2.33 bits per heavy atom. The van der Waals surface area contributed by atoms with Gasteiger partial charge in [-0.3, -0.25) is 0 Å². The van der Waals surface area contributed by atoms with Crippen LogP contribution in [0.1, 0.15) is 38.5 Å². The summed E-state index contributed by atoms with van der Waals surface area (Å²) in [6.45, 7) is 0. The molecule has 0 amide bonds. The van der Waals surface area contributed by atoms with E-state index in [2.05, 4.69) is 45.5 Å². The highest BCUT2D eigenvalue weighted by Crippen LogP contribution is 2.26. The van der Waals surface area contributed by atoms with Crippen molar-refractivity contribution in [3.63, 3.8) is 0 Å². The Hall–Kier alpha value is -0.500. The minimum Gasteiger partial charge on any atom is -0.381 e. The average Bonchev–Trinajstić information content (AvgIpc) is 2.50. The normalized spacial score (nSPS) is 18.5. The number of para-hydroxylation sites is 1. The van der Waals surface area contributed by atoms with Crippen LogP contribution in [-0.4, -0.2) is 6.04 Å². The average molecular weight is 268 g/mol. The van der Waals surface area contributed by atoms with E-state index in [0.29, 0.717) is 6.04 Å². The zero-order valence-electron chi connectivity index (χ0n) is 9.01. The molecule has 0 atom stereocenters. The van der Waals surface area contributed by atoms with Crippen molar-refractivity contribution in [3.8, 4) is 0 Å². The Bertz CT molecular complexity index is 303. The fraction of sp³-hybridized carbons (Fsp3) is 0.538. The Balaban J connectivity index is 1.98. The van der Waals surface area contributed by atoms with Gasteiger partial charge in [-0.1, -0.05) is 37.8 Å². The molecular formula is C13H18BrN. The van der Waals surface area contributed by atoms with Gasteiger partial charge in [0.2, 0.25) is 0 Å². The van der Waals surface area contributed by atoms with Crippen molar-refractivity contribution in [1.82, 2.24) is 0 Å². The van der Waals surface area contributed by atoms with Gasteiger partial charge < -0.3 is 5.32 Å². The minimum absolute atomic E-state index is 0.672. The number of hydrogen-bond donors (Lipinski definition) is 1. The van der Waals surface area contributed by atoms with Gasteiger partial charge in [0.15, 0.2) is 0 Å². The summed E-state index contributed by atoms with van der Waals surface area (Å²) >= 11 is 3.58. The van der Waals surface area contributed by atoms with Gasteiger partial charge in [-0.15, -0.1) is 0 Å². The first-order chi connectivity index (χ1) is 7.36. The Morgan fingerprint density at radius 1 is 1.00 bits per heavy atom. The zero-order valence-corrected chi connectivity index (χ0v) is 10.6. The van der Waals surface area contributed by atoms with E-state index in [1.54, 1.807) is 0 Å². The molecule has 1 saturated carbocycles. The van der Waals surface area contributed by atoms with Gasteiger partial charge in [0.05, 0.1) is 0 Å². The highest BCUT2D eigenvalue weighted by Gasteiger charge is 2.12. The molecule has 82 valence electrons. The second-order valence-electron chi connectivity index (χ2n) is 4.31. The van der Waals surface area contributed by atoms with Crippen molar-refractivity contribution >= 4 is 21.6 Å². The quantitative estimate of drug-likeness (QED) is 0.774. The maximum Gasteiger partial charge on any atom is 0.0486 e. The zero-order chi connectivity index (χ0) is 10.5. The minimum atomic E-state index is 0.672. The van der Waals surface area contributed by atoms with Crippen LogP contribution in [0.3, 0.4) is 0 Å². The molecule has 0 aromatic heterocycles. The second kappa shape index (κ2) is 5.55. The topological polar surface area (TPSA) is 12.0 Å². The predicted octanol–water partition coefficient (Wildman–Crippen LogP) is 4.58. The largest absolute Gasteiger partial charge is 0.381 e. The Labute approximate surface area is 100 Å². The third-order valence-electron chi connectivity index (χ3n) is 3.09. The monoisotopic (exact) mass is 267 g/mol. The molecule has 0 heterocycles. The van der Waals surface area contributed by atoms with Crippen molar-refractivity contribution in [3.05, 3.63) is 28.7 Å². The molecule has 0 bridgehead atoms. The number of rotatable bonds is 2. The molecule has 2 heteroatoms. The van der Waals surface area contributed by atoms with E-state index >= 15 is 0 Å². The summed E-state index contributed by atoms with van der Waals surface area (Å²) in [5, 5.41) is 3.64. The molecule has 1 N–H and O–H groups in total. The lowest BCUT2D eigenvalue weighted by Gasteiger charge is -2.18. The molecule has 15 heavy (non-hydrogen) atoms. The van der Waals surface area contributed by atoms with Gasteiger partial charge in [-0.2, -0.15) is 0 Å². The van der Waals surface area contributed by atoms with Crippen LogP contribution in [0.25, 0.3) is 0 Å². The number of hydrogen-bond acceptors (Lipinski definition) is 1. The molecule has 0 saturated heterocycles.